The summed E-state index contributed by atoms with van der Waals surface area (Å²) in [4.78, 5) is 0.172. The minimum atomic E-state index is -3.35. The van der Waals surface area contributed by atoms with Gasteiger partial charge in [-0.05, 0) is 29.3 Å². The Morgan fingerprint density at radius 1 is 1.40 bits per heavy atom. The van der Waals surface area contributed by atoms with Gasteiger partial charge in [-0.25, -0.2) is 8.42 Å². The lowest BCUT2D eigenvalue weighted by Crippen LogP contribution is -2.25. The number of nitrogens with zero attached hydrogens (tertiary/aromatic N) is 1. The van der Waals surface area contributed by atoms with Crippen LogP contribution in [0.2, 0.25) is 0 Å². The highest BCUT2D eigenvalue weighted by molar-refractivity contribution is 7.91. The number of nitrogen functional groups attached to an aromatic ring is 1. The Kier molecular flexibility index (Phi) is 5.43. The molecule has 1 aromatic heterocycles. The Labute approximate surface area is 126 Å². The number of hydrogen-bond acceptors (Lipinski definition) is 6. The minimum absolute atomic E-state index is 0.0963. The van der Waals surface area contributed by atoms with Crippen molar-refractivity contribution in [3.05, 3.63) is 0 Å². The second-order valence-electron chi connectivity index (χ2n) is 6.19. The first-order valence-electron chi connectivity index (χ1n) is 6.81. The van der Waals surface area contributed by atoms with E-state index in [1.807, 2.05) is 6.92 Å². The summed E-state index contributed by atoms with van der Waals surface area (Å²) in [5, 5.41) is 3.76. The van der Waals surface area contributed by atoms with Crippen molar-refractivity contribution in [3.63, 3.8) is 0 Å². The van der Waals surface area contributed by atoms with Gasteiger partial charge in [0, 0.05) is 6.54 Å². The van der Waals surface area contributed by atoms with Crippen LogP contribution in [-0.4, -0.2) is 25.1 Å². The highest BCUT2D eigenvalue weighted by Gasteiger charge is 2.26. The quantitative estimate of drug-likeness (QED) is 0.842. The van der Waals surface area contributed by atoms with Gasteiger partial charge in [-0.2, -0.15) is 4.37 Å². The summed E-state index contributed by atoms with van der Waals surface area (Å²) in [6.07, 6.45) is 0.565. The van der Waals surface area contributed by atoms with Crippen LogP contribution in [0.3, 0.4) is 0 Å². The first kappa shape index (κ1) is 17.2. The van der Waals surface area contributed by atoms with E-state index >= 15 is 0 Å². The molecule has 20 heavy (non-hydrogen) atoms. The molecule has 0 bridgehead atoms. The zero-order chi connectivity index (χ0) is 15.6. The lowest BCUT2D eigenvalue weighted by molar-refractivity contribution is 0.274. The van der Waals surface area contributed by atoms with Crippen LogP contribution in [0.4, 0.5) is 10.8 Å². The van der Waals surface area contributed by atoms with Crippen LogP contribution < -0.4 is 11.1 Å². The summed E-state index contributed by atoms with van der Waals surface area (Å²) in [7, 11) is -3.35. The van der Waals surface area contributed by atoms with Gasteiger partial charge in [0.25, 0.3) is 0 Å². The van der Waals surface area contributed by atoms with E-state index in [1.165, 1.54) is 0 Å². The molecule has 1 unspecified atom stereocenters. The normalized spacial score (nSPS) is 14.2. The van der Waals surface area contributed by atoms with Crippen molar-refractivity contribution < 1.29 is 8.42 Å². The van der Waals surface area contributed by atoms with Gasteiger partial charge in [0.2, 0.25) is 0 Å². The molecule has 1 aromatic rings. The third-order valence-electron chi connectivity index (χ3n) is 3.51. The van der Waals surface area contributed by atoms with E-state index in [0.29, 0.717) is 23.9 Å². The van der Waals surface area contributed by atoms with Crippen LogP contribution in [0, 0.1) is 11.3 Å². The highest BCUT2D eigenvalue weighted by Crippen LogP contribution is 2.34. The second-order valence-corrected chi connectivity index (χ2v) is 9.01. The molecule has 1 atom stereocenters. The largest absolute Gasteiger partial charge is 0.382 e. The smallest absolute Gasteiger partial charge is 0.185 e. The molecule has 116 valence electrons. The number of aromatic nitrogens is 1. The molecule has 5 nitrogen and oxygen atoms in total. The van der Waals surface area contributed by atoms with Crippen molar-refractivity contribution in [2.75, 3.05) is 23.3 Å². The Morgan fingerprint density at radius 3 is 2.50 bits per heavy atom. The number of hydrogen-bond donors (Lipinski definition) is 2. The van der Waals surface area contributed by atoms with Gasteiger partial charge in [0.15, 0.2) is 15.7 Å². The molecule has 0 saturated carbocycles. The summed E-state index contributed by atoms with van der Waals surface area (Å²) in [6, 6.07) is 0. The maximum atomic E-state index is 12.2. The number of nitrogens with two attached hydrogens (primary N) is 1. The van der Waals surface area contributed by atoms with Crippen LogP contribution in [0.15, 0.2) is 4.90 Å². The van der Waals surface area contributed by atoms with Gasteiger partial charge in [-0.15, -0.1) is 0 Å². The predicted octanol–water partition coefficient (Wildman–Crippen LogP) is 3.00. The summed E-state index contributed by atoms with van der Waals surface area (Å²) in [5.41, 5.74) is 5.89. The van der Waals surface area contributed by atoms with Gasteiger partial charge < -0.3 is 11.1 Å². The molecule has 0 aliphatic carbocycles. The first-order valence-corrected chi connectivity index (χ1v) is 9.24. The van der Waals surface area contributed by atoms with Gasteiger partial charge >= 0.3 is 0 Å². The molecule has 0 radical (unpaired) electrons. The zero-order valence-electron chi connectivity index (χ0n) is 12.9. The fraction of sp³-hybridized carbons (Fsp3) is 0.769. The molecule has 1 heterocycles. The van der Waals surface area contributed by atoms with Crippen molar-refractivity contribution >= 4 is 32.2 Å². The molecule has 0 aromatic carbocycles. The molecular weight excluding hydrogens is 294 g/mol. The third kappa shape index (κ3) is 4.09. The molecule has 0 aliphatic rings. The van der Waals surface area contributed by atoms with E-state index in [1.54, 1.807) is 0 Å². The molecule has 7 heteroatoms. The lowest BCUT2D eigenvalue weighted by atomic mass is 9.82. The average molecular weight is 319 g/mol. The van der Waals surface area contributed by atoms with E-state index in [4.69, 9.17) is 5.73 Å². The minimum Gasteiger partial charge on any atom is -0.382 e. The fourth-order valence-electron chi connectivity index (χ4n) is 1.63. The molecule has 0 saturated heterocycles. The summed E-state index contributed by atoms with van der Waals surface area (Å²) in [5.74, 6) is 0.598. The number of nitrogens with one attached hydrogen (secondary N) is 1. The van der Waals surface area contributed by atoms with Gasteiger partial charge in [-0.1, -0.05) is 34.6 Å². The second kappa shape index (κ2) is 6.30. The first-order chi connectivity index (χ1) is 9.09. The van der Waals surface area contributed by atoms with Crippen molar-refractivity contribution in [3.8, 4) is 0 Å². The van der Waals surface area contributed by atoms with Crippen LogP contribution in [0.1, 0.15) is 41.0 Å². The molecule has 0 amide bonds. The standard InChI is InChI=1S/C13H25N3O2S2/c1-6-7-20(17,18)10-11(14)16-19-12(10)15-8-9(2)13(3,4)5/h9,15H,6-8H2,1-5H3,(H2,14,16). The van der Waals surface area contributed by atoms with Crippen molar-refractivity contribution in [1.29, 1.82) is 0 Å². The average Bonchev–Trinajstić information content (AvgIpc) is 2.66. The van der Waals surface area contributed by atoms with E-state index in [2.05, 4.69) is 37.4 Å². The zero-order valence-corrected chi connectivity index (χ0v) is 14.5. The summed E-state index contributed by atoms with van der Waals surface area (Å²) < 4.78 is 28.4. The Balaban J connectivity index is 2.94. The van der Waals surface area contributed by atoms with Gasteiger partial charge in [0.05, 0.1) is 5.75 Å². The van der Waals surface area contributed by atoms with Crippen molar-refractivity contribution in [1.82, 2.24) is 4.37 Å². The fourth-order valence-corrected chi connectivity index (χ4v) is 4.26. The maximum absolute atomic E-state index is 12.2. The molecule has 3 N–H and O–H groups in total. The van der Waals surface area contributed by atoms with Gasteiger partial charge in [0.1, 0.15) is 9.90 Å². The van der Waals surface area contributed by atoms with E-state index in [0.717, 1.165) is 11.5 Å². The number of sulfone groups is 1. The highest BCUT2D eigenvalue weighted by atomic mass is 32.2. The monoisotopic (exact) mass is 319 g/mol. The molecule has 0 spiro atoms. The van der Waals surface area contributed by atoms with Crippen LogP contribution in [-0.2, 0) is 9.84 Å². The molecule has 0 fully saturated rings. The molecule has 1 rings (SSSR count). The third-order valence-corrected chi connectivity index (χ3v) is 6.43. The Hall–Kier alpha value is -0.820. The van der Waals surface area contributed by atoms with Crippen LogP contribution >= 0.6 is 11.5 Å². The van der Waals surface area contributed by atoms with Gasteiger partial charge in [-0.3, -0.25) is 0 Å². The van der Waals surface area contributed by atoms with E-state index in [-0.39, 0.29) is 21.9 Å². The number of rotatable bonds is 6. The summed E-state index contributed by atoms with van der Waals surface area (Å²) >= 11 is 1.12. The van der Waals surface area contributed by atoms with Crippen molar-refractivity contribution in [2.45, 2.75) is 45.9 Å². The van der Waals surface area contributed by atoms with E-state index < -0.39 is 9.84 Å². The Morgan fingerprint density at radius 2 is 2.00 bits per heavy atom. The maximum Gasteiger partial charge on any atom is 0.185 e. The topological polar surface area (TPSA) is 85.1 Å². The SMILES string of the molecule is CCCS(=O)(=O)c1c(N)nsc1NCC(C)C(C)(C)C. The molecule has 0 aliphatic heterocycles. The molecular formula is C13H25N3O2S2. The van der Waals surface area contributed by atoms with Crippen LogP contribution in [0.5, 0.6) is 0 Å². The Bertz CT molecular complexity index is 544. The van der Waals surface area contributed by atoms with E-state index in [9.17, 15) is 8.42 Å². The predicted molar refractivity (Wildman–Crippen MR) is 86.0 cm³/mol. The lowest BCUT2D eigenvalue weighted by Gasteiger charge is -2.27. The van der Waals surface area contributed by atoms with Crippen LogP contribution in [0.25, 0.3) is 0 Å². The van der Waals surface area contributed by atoms with Crippen molar-refractivity contribution in [2.24, 2.45) is 11.3 Å². The number of anilines is 2. The summed E-state index contributed by atoms with van der Waals surface area (Å²) in [6.45, 7) is 11.2.